The van der Waals surface area contributed by atoms with Crippen molar-refractivity contribution in [2.75, 3.05) is 13.3 Å². The maximum absolute atomic E-state index is 11.9. The van der Waals surface area contributed by atoms with E-state index in [0.717, 1.165) is 12.8 Å². The standard InChI is InChI=1S/C16H21N2O5PS/c19-16(18-10-23-24(20,21)22)7-6-15-13-4-1-3-12(9-13)14(15)5-2-8-17-11-25/h1,3-4,9,14-15H,2,5-8,10H2,(H,18,19)(H2,20,21,22). The number of carbonyl (C=O) groups excluding carboxylic acids is 1. The minimum absolute atomic E-state index is 0.259. The highest BCUT2D eigenvalue weighted by Crippen LogP contribution is 2.45. The van der Waals surface area contributed by atoms with E-state index in [-0.39, 0.29) is 18.2 Å². The Kier molecular flexibility index (Phi) is 7.44. The van der Waals surface area contributed by atoms with Gasteiger partial charge in [0.05, 0.1) is 5.16 Å². The molecular weight excluding hydrogens is 363 g/mol. The lowest BCUT2D eigenvalue weighted by atomic mass is 9.84. The van der Waals surface area contributed by atoms with Crippen LogP contribution in [0, 0.1) is 0 Å². The molecule has 9 heteroatoms. The summed E-state index contributed by atoms with van der Waals surface area (Å²) in [5, 5.41) is 4.73. The van der Waals surface area contributed by atoms with Gasteiger partial charge in [-0.15, -0.1) is 0 Å². The Bertz CT molecular complexity index is 702. The number of hydrogen-bond acceptors (Lipinski definition) is 5. The van der Waals surface area contributed by atoms with E-state index in [4.69, 9.17) is 9.79 Å². The van der Waals surface area contributed by atoms with Gasteiger partial charge < -0.3 is 15.1 Å². The van der Waals surface area contributed by atoms with Crippen molar-refractivity contribution in [3.05, 3.63) is 35.4 Å². The molecule has 0 heterocycles. The average molecular weight is 384 g/mol. The Hall–Kier alpha value is -1.40. The second kappa shape index (κ2) is 9.34. The first-order valence-electron chi connectivity index (χ1n) is 8.01. The molecule has 0 spiro atoms. The van der Waals surface area contributed by atoms with Gasteiger partial charge in [0.25, 0.3) is 0 Å². The molecule has 25 heavy (non-hydrogen) atoms. The van der Waals surface area contributed by atoms with Crippen LogP contribution in [0.5, 0.6) is 0 Å². The first-order valence-corrected chi connectivity index (χ1v) is 9.95. The van der Waals surface area contributed by atoms with Crippen LogP contribution in [-0.2, 0) is 13.9 Å². The largest absolute Gasteiger partial charge is 0.471 e. The minimum atomic E-state index is -4.57. The molecule has 2 unspecified atom stereocenters. The van der Waals surface area contributed by atoms with Gasteiger partial charge in [0.1, 0.15) is 6.73 Å². The fraction of sp³-hybridized carbons (Fsp3) is 0.500. The lowest BCUT2D eigenvalue weighted by molar-refractivity contribution is -0.122. The maximum Gasteiger partial charge on any atom is 0.471 e. The van der Waals surface area contributed by atoms with Crippen molar-refractivity contribution in [1.82, 2.24) is 5.32 Å². The zero-order valence-electron chi connectivity index (χ0n) is 13.6. The first-order chi connectivity index (χ1) is 11.9. The van der Waals surface area contributed by atoms with Crippen molar-refractivity contribution in [2.24, 2.45) is 4.99 Å². The van der Waals surface area contributed by atoms with Gasteiger partial charge in [-0.3, -0.25) is 9.32 Å². The van der Waals surface area contributed by atoms with E-state index in [9.17, 15) is 9.36 Å². The van der Waals surface area contributed by atoms with E-state index in [2.05, 4.69) is 50.4 Å². The molecule has 2 rings (SSSR count). The molecule has 2 atom stereocenters. The molecule has 1 aromatic carbocycles. The Labute approximate surface area is 151 Å². The molecule has 1 aliphatic carbocycles. The molecule has 2 bridgehead atoms. The molecule has 136 valence electrons. The van der Waals surface area contributed by atoms with E-state index in [1.165, 1.54) is 11.1 Å². The van der Waals surface area contributed by atoms with Gasteiger partial charge in [-0.1, -0.05) is 24.3 Å². The van der Waals surface area contributed by atoms with Gasteiger partial charge in [-0.05, 0) is 54.4 Å². The molecular formula is C16H21N2O5PS. The molecule has 1 amide bonds. The van der Waals surface area contributed by atoms with Crippen molar-refractivity contribution in [3.63, 3.8) is 0 Å². The van der Waals surface area contributed by atoms with E-state index in [1.807, 2.05) is 6.07 Å². The summed E-state index contributed by atoms with van der Waals surface area (Å²) < 4.78 is 14.8. The summed E-state index contributed by atoms with van der Waals surface area (Å²) in [6.45, 7) is 0.156. The van der Waals surface area contributed by atoms with Gasteiger partial charge in [-0.25, -0.2) is 9.56 Å². The SMILES string of the molecule is O=C(CCC1c2cccc(c2)C1CCCN=C=S)NCOP(=O)(O)O. The van der Waals surface area contributed by atoms with Crippen LogP contribution < -0.4 is 5.32 Å². The summed E-state index contributed by atoms with van der Waals surface area (Å²) in [7, 11) is -4.57. The number of amides is 1. The summed E-state index contributed by atoms with van der Waals surface area (Å²) in [6.07, 6.45) is 2.80. The highest BCUT2D eigenvalue weighted by atomic mass is 32.1. The van der Waals surface area contributed by atoms with Crippen LogP contribution in [0.2, 0.25) is 0 Å². The number of benzene rings is 1. The molecule has 0 radical (unpaired) electrons. The summed E-state index contributed by atoms with van der Waals surface area (Å²) in [5.41, 5.74) is 2.50. The smallest absolute Gasteiger partial charge is 0.333 e. The summed E-state index contributed by atoms with van der Waals surface area (Å²) >= 11 is 4.57. The highest BCUT2D eigenvalue weighted by Gasteiger charge is 2.30. The lowest BCUT2D eigenvalue weighted by Gasteiger charge is -2.21. The van der Waals surface area contributed by atoms with Crippen LogP contribution in [-0.4, -0.2) is 34.1 Å². The number of carbonyl (C=O) groups is 1. The fourth-order valence-corrected chi connectivity index (χ4v) is 3.55. The molecule has 3 N–H and O–H groups in total. The van der Waals surface area contributed by atoms with Crippen LogP contribution >= 0.6 is 20.0 Å². The Morgan fingerprint density at radius 2 is 2.00 bits per heavy atom. The average Bonchev–Trinajstić information content (AvgIpc) is 2.78. The zero-order chi connectivity index (χ0) is 18.3. The lowest BCUT2D eigenvalue weighted by Crippen LogP contribution is -2.26. The van der Waals surface area contributed by atoms with E-state index < -0.39 is 14.6 Å². The van der Waals surface area contributed by atoms with E-state index in [0.29, 0.717) is 18.9 Å². The normalized spacial score (nSPS) is 18.6. The van der Waals surface area contributed by atoms with Gasteiger partial charge >= 0.3 is 7.82 Å². The van der Waals surface area contributed by atoms with Crippen LogP contribution in [0.3, 0.4) is 0 Å². The number of fused-ring (bicyclic) bond motifs is 2. The summed E-state index contributed by atoms with van der Waals surface area (Å²) in [6, 6.07) is 8.37. The number of hydrogen-bond donors (Lipinski definition) is 3. The number of thiocarbonyl (C=S) groups is 1. The van der Waals surface area contributed by atoms with Crippen molar-refractivity contribution in [3.8, 4) is 0 Å². The number of aliphatic imine (C=N–C) groups is 1. The molecule has 0 saturated carbocycles. The van der Waals surface area contributed by atoms with Crippen molar-refractivity contribution >= 4 is 31.1 Å². The quantitative estimate of drug-likeness (QED) is 0.188. The number of phosphoric acid groups is 1. The highest BCUT2D eigenvalue weighted by molar-refractivity contribution is 7.78. The van der Waals surface area contributed by atoms with Crippen LogP contribution in [0.25, 0.3) is 0 Å². The predicted molar refractivity (Wildman–Crippen MR) is 96.4 cm³/mol. The fourth-order valence-electron chi connectivity index (χ4n) is 3.23. The Morgan fingerprint density at radius 3 is 2.64 bits per heavy atom. The number of isothiocyanates is 1. The molecule has 7 nitrogen and oxygen atoms in total. The number of phosphoric ester groups is 1. The van der Waals surface area contributed by atoms with Gasteiger partial charge in [0, 0.05) is 13.0 Å². The van der Waals surface area contributed by atoms with Crippen molar-refractivity contribution < 1.29 is 23.7 Å². The van der Waals surface area contributed by atoms with Crippen LogP contribution in [0.1, 0.15) is 48.6 Å². The number of nitrogens with one attached hydrogen (secondary N) is 1. The third-order valence-electron chi connectivity index (χ3n) is 4.29. The van der Waals surface area contributed by atoms with Gasteiger partial charge in [-0.2, -0.15) is 0 Å². The monoisotopic (exact) mass is 384 g/mol. The molecule has 0 saturated heterocycles. The van der Waals surface area contributed by atoms with Gasteiger partial charge in [0.2, 0.25) is 5.91 Å². The molecule has 0 fully saturated rings. The van der Waals surface area contributed by atoms with Gasteiger partial charge in [0.15, 0.2) is 0 Å². The van der Waals surface area contributed by atoms with Crippen molar-refractivity contribution in [2.45, 2.75) is 37.5 Å². The van der Waals surface area contributed by atoms with Crippen molar-refractivity contribution in [1.29, 1.82) is 0 Å². The number of rotatable bonds is 10. The second-order valence-corrected chi connectivity index (χ2v) is 7.32. The predicted octanol–water partition coefficient (Wildman–Crippen LogP) is 2.71. The Morgan fingerprint density at radius 1 is 1.32 bits per heavy atom. The van der Waals surface area contributed by atoms with E-state index >= 15 is 0 Å². The zero-order valence-corrected chi connectivity index (χ0v) is 15.3. The molecule has 0 aliphatic heterocycles. The minimum Gasteiger partial charge on any atom is -0.333 e. The third kappa shape index (κ3) is 6.44. The second-order valence-electron chi connectivity index (χ2n) is 5.90. The summed E-state index contributed by atoms with van der Waals surface area (Å²) in [5.74, 6) is 0.317. The Balaban J connectivity index is 1.84. The molecule has 1 aliphatic rings. The van der Waals surface area contributed by atoms with Crippen LogP contribution in [0.4, 0.5) is 0 Å². The topological polar surface area (TPSA) is 108 Å². The molecule has 0 aromatic heterocycles. The van der Waals surface area contributed by atoms with E-state index in [1.54, 1.807) is 0 Å². The third-order valence-corrected chi connectivity index (χ3v) is 4.88. The molecule has 1 aromatic rings. The maximum atomic E-state index is 11.9. The number of nitrogens with zero attached hydrogens (tertiary/aromatic N) is 1. The van der Waals surface area contributed by atoms with Crippen LogP contribution in [0.15, 0.2) is 29.3 Å². The first kappa shape index (κ1) is 19.9. The summed E-state index contributed by atoms with van der Waals surface area (Å²) in [4.78, 5) is 33.0.